The number of rotatable bonds is 6. The minimum absolute atomic E-state index is 0.131. The molecule has 1 fully saturated rings. The molecular formula is C20H26Cl2N2O2. The van der Waals surface area contributed by atoms with E-state index in [0.29, 0.717) is 29.3 Å². The molecule has 1 aromatic rings. The van der Waals surface area contributed by atoms with E-state index in [4.69, 9.17) is 23.2 Å². The zero-order valence-electron chi connectivity index (χ0n) is 15.4. The molecule has 1 aliphatic rings. The fourth-order valence-electron chi connectivity index (χ4n) is 3.20. The summed E-state index contributed by atoms with van der Waals surface area (Å²) in [6.07, 6.45) is 7.66. The Balaban J connectivity index is 2.21. The number of benzene rings is 1. The number of carbonyl (C=O) groups excluding carboxylic acids is 2. The van der Waals surface area contributed by atoms with Gasteiger partial charge < -0.3 is 10.6 Å². The summed E-state index contributed by atoms with van der Waals surface area (Å²) in [6.45, 7) is 6.17. The van der Waals surface area contributed by atoms with Crippen LogP contribution in [0.25, 0.3) is 6.08 Å². The molecule has 0 saturated heterocycles. The van der Waals surface area contributed by atoms with Gasteiger partial charge in [-0.2, -0.15) is 0 Å². The molecule has 4 nitrogen and oxygen atoms in total. The Bertz CT molecular complexity index is 690. The van der Waals surface area contributed by atoms with Crippen LogP contribution in [0.3, 0.4) is 0 Å². The van der Waals surface area contributed by atoms with Gasteiger partial charge in [-0.3, -0.25) is 9.59 Å². The highest BCUT2D eigenvalue weighted by molar-refractivity contribution is 6.35. The summed E-state index contributed by atoms with van der Waals surface area (Å²) in [6, 6.07) is 5.09. The smallest absolute Gasteiger partial charge is 0.246 e. The van der Waals surface area contributed by atoms with Gasteiger partial charge in [-0.1, -0.05) is 75.0 Å². The van der Waals surface area contributed by atoms with Crippen molar-refractivity contribution in [3.8, 4) is 0 Å². The van der Waals surface area contributed by atoms with E-state index in [2.05, 4.69) is 31.4 Å². The van der Waals surface area contributed by atoms with Crippen molar-refractivity contribution in [2.75, 3.05) is 0 Å². The van der Waals surface area contributed by atoms with E-state index in [9.17, 15) is 9.59 Å². The quantitative estimate of drug-likeness (QED) is 0.690. The van der Waals surface area contributed by atoms with Crippen LogP contribution in [0.2, 0.25) is 10.0 Å². The van der Waals surface area contributed by atoms with Gasteiger partial charge in [-0.05, 0) is 36.0 Å². The molecule has 2 amide bonds. The van der Waals surface area contributed by atoms with Crippen molar-refractivity contribution in [3.05, 3.63) is 39.9 Å². The van der Waals surface area contributed by atoms with Crippen LogP contribution in [0.5, 0.6) is 0 Å². The second kappa shape index (κ2) is 8.45. The fourth-order valence-corrected chi connectivity index (χ4v) is 3.67. The van der Waals surface area contributed by atoms with Crippen LogP contribution in [-0.2, 0) is 9.59 Å². The van der Waals surface area contributed by atoms with Crippen molar-refractivity contribution in [1.29, 1.82) is 0 Å². The minimum Gasteiger partial charge on any atom is -0.347 e. The third kappa shape index (κ3) is 5.01. The molecule has 0 heterocycles. The van der Waals surface area contributed by atoms with Gasteiger partial charge in [0.1, 0.15) is 5.54 Å². The summed E-state index contributed by atoms with van der Waals surface area (Å²) in [5, 5.41) is 7.00. The van der Waals surface area contributed by atoms with Crippen molar-refractivity contribution < 1.29 is 9.59 Å². The van der Waals surface area contributed by atoms with Crippen LogP contribution in [-0.4, -0.2) is 23.9 Å². The Kier molecular flexibility index (Phi) is 6.75. The van der Waals surface area contributed by atoms with E-state index in [1.54, 1.807) is 12.1 Å². The molecule has 0 bridgehead atoms. The summed E-state index contributed by atoms with van der Waals surface area (Å²) < 4.78 is 0. The lowest BCUT2D eigenvalue weighted by Crippen LogP contribution is -2.58. The molecule has 2 N–H and O–H groups in total. The minimum atomic E-state index is -0.795. The first-order valence-electron chi connectivity index (χ1n) is 8.83. The number of hydrogen-bond acceptors (Lipinski definition) is 2. The molecule has 6 heteroatoms. The number of nitrogens with one attached hydrogen (secondary N) is 2. The lowest BCUT2D eigenvalue weighted by molar-refractivity contribution is -0.131. The van der Waals surface area contributed by atoms with Gasteiger partial charge in [0.05, 0.1) is 6.04 Å². The molecule has 1 aliphatic carbocycles. The highest BCUT2D eigenvalue weighted by Crippen LogP contribution is 2.31. The third-order valence-electron chi connectivity index (χ3n) is 4.88. The first-order chi connectivity index (χ1) is 12.2. The van der Waals surface area contributed by atoms with Crippen LogP contribution >= 0.6 is 23.2 Å². The largest absolute Gasteiger partial charge is 0.347 e. The summed E-state index contributed by atoms with van der Waals surface area (Å²) in [7, 11) is 0. The zero-order valence-corrected chi connectivity index (χ0v) is 17.0. The first kappa shape index (κ1) is 20.8. The van der Waals surface area contributed by atoms with Crippen molar-refractivity contribution in [2.24, 2.45) is 5.41 Å². The predicted molar refractivity (Wildman–Crippen MR) is 107 cm³/mol. The molecule has 0 aliphatic heterocycles. The second-order valence-corrected chi connectivity index (χ2v) is 8.74. The van der Waals surface area contributed by atoms with E-state index in [0.717, 1.165) is 18.4 Å². The Morgan fingerprint density at radius 1 is 1.23 bits per heavy atom. The van der Waals surface area contributed by atoms with Crippen LogP contribution in [0.4, 0.5) is 0 Å². The second-order valence-electron chi connectivity index (χ2n) is 7.89. The lowest BCUT2D eigenvalue weighted by atomic mass is 9.85. The Morgan fingerprint density at radius 2 is 1.88 bits per heavy atom. The monoisotopic (exact) mass is 396 g/mol. The normalized spacial score (nSPS) is 17.9. The Hall–Kier alpha value is -1.52. The first-order valence-corrected chi connectivity index (χ1v) is 9.59. The molecule has 0 spiro atoms. The Morgan fingerprint density at radius 3 is 2.42 bits per heavy atom. The van der Waals surface area contributed by atoms with Gasteiger partial charge in [0.15, 0.2) is 0 Å². The maximum atomic E-state index is 12.9. The molecule has 26 heavy (non-hydrogen) atoms. The number of carbonyl (C=O) groups is 2. The summed E-state index contributed by atoms with van der Waals surface area (Å²) in [5.74, 6) is -0.131. The maximum absolute atomic E-state index is 12.9. The summed E-state index contributed by atoms with van der Waals surface area (Å²) in [5.41, 5.74) is -0.163. The highest BCUT2D eigenvalue weighted by atomic mass is 35.5. The molecule has 0 radical (unpaired) electrons. The number of hydrogen-bond donors (Lipinski definition) is 2. The average Bonchev–Trinajstić information content (AvgIpc) is 3.02. The lowest BCUT2D eigenvalue weighted by Gasteiger charge is -2.34. The van der Waals surface area contributed by atoms with Crippen LogP contribution < -0.4 is 10.6 Å². The number of halogens is 2. The van der Waals surface area contributed by atoms with E-state index < -0.39 is 5.54 Å². The van der Waals surface area contributed by atoms with Gasteiger partial charge in [0.25, 0.3) is 0 Å². The average molecular weight is 397 g/mol. The molecule has 2 rings (SSSR count). The molecule has 1 saturated carbocycles. The van der Waals surface area contributed by atoms with Gasteiger partial charge in [0, 0.05) is 10.0 Å². The van der Waals surface area contributed by atoms with Gasteiger partial charge >= 0.3 is 0 Å². The molecule has 142 valence electrons. The molecule has 1 atom stereocenters. The van der Waals surface area contributed by atoms with Gasteiger partial charge in [0.2, 0.25) is 12.3 Å². The fraction of sp³-hybridized carbons (Fsp3) is 0.500. The van der Waals surface area contributed by atoms with E-state index in [1.807, 2.05) is 18.2 Å². The van der Waals surface area contributed by atoms with Gasteiger partial charge in [-0.25, -0.2) is 0 Å². The highest BCUT2D eigenvalue weighted by Gasteiger charge is 2.42. The van der Waals surface area contributed by atoms with Crippen molar-refractivity contribution in [3.63, 3.8) is 0 Å². The summed E-state index contributed by atoms with van der Waals surface area (Å²) >= 11 is 12.2. The molecular weight excluding hydrogens is 371 g/mol. The molecule has 0 aromatic heterocycles. The van der Waals surface area contributed by atoms with E-state index >= 15 is 0 Å². The van der Waals surface area contributed by atoms with Crippen LogP contribution in [0, 0.1) is 5.41 Å². The van der Waals surface area contributed by atoms with Crippen molar-refractivity contribution in [1.82, 2.24) is 10.6 Å². The van der Waals surface area contributed by atoms with Crippen molar-refractivity contribution in [2.45, 2.75) is 58.0 Å². The maximum Gasteiger partial charge on any atom is 0.246 e. The zero-order chi connectivity index (χ0) is 19.4. The van der Waals surface area contributed by atoms with E-state index in [-0.39, 0.29) is 17.4 Å². The Labute approximate surface area is 165 Å². The van der Waals surface area contributed by atoms with Crippen molar-refractivity contribution >= 4 is 41.6 Å². The van der Waals surface area contributed by atoms with Crippen LogP contribution in [0.15, 0.2) is 24.3 Å². The number of amides is 2. The molecule has 0 unspecified atom stereocenters. The standard InChI is InChI=1S/C20H26Cl2N2O2/c1-19(2,3)17(9-7-14-6-8-15(21)12-16(14)22)24-18(26)20(23-13-25)10-4-5-11-20/h6-9,12-13,17H,4-5,10-11H2,1-3H3,(H,23,25)(H,24,26)/t17-/m1/s1. The molecule has 1 aromatic carbocycles. The SMILES string of the molecule is CC(C)(C)[C@@H](C=Cc1ccc(Cl)cc1Cl)NC(=O)C1(NC=O)CCCC1. The topological polar surface area (TPSA) is 58.2 Å². The van der Waals surface area contributed by atoms with Crippen LogP contribution in [0.1, 0.15) is 52.0 Å². The predicted octanol–water partition coefficient (Wildman–Crippen LogP) is 4.60. The van der Waals surface area contributed by atoms with E-state index in [1.165, 1.54) is 0 Å². The third-order valence-corrected chi connectivity index (χ3v) is 5.44. The van der Waals surface area contributed by atoms with Gasteiger partial charge in [-0.15, -0.1) is 0 Å². The summed E-state index contributed by atoms with van der Waals surface area (Å²) in [4.78, 5) is 23.9.